The van der Waals surface area contributed by atoms with Crippen LogP contribution in [0.15, 0.2) is 41.6 Å². The Morgan fingerprint density at radius 2 is 1.94 bits per heavy atom. The van der Waals surface area contributed by atoms with Gasteiger partial charge in [-0.3, -0.25) is 13.9 Å². The fourth-order valence-corrected chi connectivity index (χ4v) is 5.23. The molecule has 9 heteroatoms. The summed E-state index contributed by atoms with van der Waals surface area (Å²) in [4.78, 5) is 22.8. The Morgan fingerprint density at radius 3 is 2.69 bits per heavy atom. The largest absolute Gasteiger partial charge is 0.370 e. The van der Waals surface area contributed by atoms with E-state index in [9.17, 15) is 4.79 Å². The normalized spacial score (nSPS) is 22.3. The number of benzene rings is 1. The Labute approximate surface area is 212 Å². The molecule has 0 unspecified atom stereocenters. The van der Waals surface area contributed by atoms with Gasteiger partial charge in [0, 0.05) is 45.7 Å². The van der Waals surface area contributed by atoms with Gasteiger partial charge in [0.25, 0.3) is 5.56 Å². The number of halogens is 2. The average molecular weight is 508 g/mol. The minimum atomic E-state index is -0.507. The number of aromatic nitrogens is 5. The number of aryl methyl sites for hydroxylation is 1. The highest BCUT2D eigenvalue weighted by Gasteiger charge is 2.33. The summed E-state index contributed by atoms with van der Waals surface area (Å²) in [7, 11) is 0. The van der Waals surface area contributed by atoms with Gasteiger partial charge in [0.05, 0.1) is 30.1 Å². The van der Waals surface area contributed by atoms with E-state index in [4.69, 9.17) is 21.3 Å². The van der Waals surface area contributed by atoms with E-state index in [2.05, 4.69) is 16.3 Å². The first kappa shape index (κ1) is 23.3. The highest BCUT2D eigenvalue weighted by molar-refractivity contribution is 6.30. The van der Waals surface area contributed by atoms with Crippen molar-refractivity contribution in [3.05, 3.63) is 80.5 Å². The van der Waals surface area contributed by atoms with Crippen molar-refractivity contribution in [1.82, 2.24) is 24.1 Å². The quantitative estimate of drug-likeness (QED) is 0.353. The van der Waals surface area contributed by atoms with Crippen LogP contribution in [0.2, 0.25) is 5.02 Å². The summed E-state index contributed by atoms with van der Waals surface area (Å²) in [6.07, 6.45) is 9.35. The van der Waals surface area contributed by atoms with Crippen LogP contribution in [-0.4, -0.2) is 30.3 Å². The number of fused-ring (bicyclic) bond motifs is 1. The fraction of sp³-hybridized carbons (Fsp3) is 0.407. The molecule has 4 heterocycles. The monoisotopic (exact) mass is 507 g/mol. The van der Waals surface area contributed by atoms with Gasteiger partial charge in [0.1, 0.15) is 11.5 Å². The fourth-order valence-electron chi connectivity index (χ4n) is 5.07. The van der Waals surface area contributed by atoms with E-state index in [1.807, 2.05) is 17.8 Å². The number of hydrogen-bond acceptors (Lipinski definition) is 5. The molecule has 0 amide bonds. The van der Waals surface area contributed by atoms with Crippen LogP contribution < -0.4 is 5.56 Å². The number of nitrogens with zero attached hydrogens (tertiary/aromatic N) is 5. The lowest BCUT2D eigenvalue weighted by atomic mass is 9.87. The molecule has 0 radical (unpaired) electrons. The van der Waals surface area contributed by atoms with Crippen LogP contribution in [0.25, 0.3) is 16.9 Å². The van der Waals surface area contributed by atoms with E-state index >= 15 is 4.39 Å². The molecule has 4 aromatic rings. The van der Waals surface area contributed by atoms with Gasteiger partial charge in [0.2, 0.25) is 0 Å². The summed E-state index contributed by atoms with van der Waals surface area (Å²) in [5.41, 5.74) is 3.66. The highest BCUT2D eigenvalue weighted by Crippen LogP contribution is 2.41. The van der Waals surface area contributed by atoms with Crippen LogP contribution in [0.3, 0.4) is 0 Å². The minimum Gasteiger partial charge on any atom is -0.370 e. The van der Waals surface area contributed by atoms with Gasteiger partial charge >= 0.3 is 0 Å². The molecule has 0 N–H and O–H groups in total. The second-order valence-electron chi connectivity index (χ2n) is 10.0. The van der Waals surface area contributed by atoms with E-state index in [1.165, 1.54) is 23.3 Å². The first-order valence-electron chi connectivity index (χ1n) is 12.3. The molecule has 0 spiro atoms. The molecule has 1 saturated heterocycles. The number of rotatable bonds is 4. The summed E-state index contributed by atoms with van der Waals surface area (Å²) in [5, 5.41) is 4.83. The summed E-state index contributed by atoms with van der Waals surface area (Å²) in [6.45, 7) is 5.58. The average Bonchev–Trinajstić information content (AvgIpc) is 3.58. The van der Waals surface area contributed by atoms with Gasteiger partial charge in [-0.2, -0.15) is 5.10 Å². The molecular formula is C27H27ClFN5O2. The molecule has 1 aliphatic carbocycles. The molecule has 2 fully saturated rings. The second-order valence-corrected chi connectivity index (χ2v) is 10.5. The first-order valence-corrected chi connectivity index (χ1v) is 12.7. The van der Waals surface area contributed by atoms with E-state index in [0.29, 0.717) is 45.8 Å². The van der Waals surface area contributed by atoms with Gasteiger partial charge < -0.3 is 4.74 Å². The Kier molecular flexibility index (Phi) is 5.68. The molecule has 1 aliphatic heterocycles. The third-order valence-electron chi connectivity index (χ3n) is 7.33. The Morgan fingerprint density at radius 1 is 1.14 bits per heavy atom. The molecule has 0 bridgehead atoms. The summed E-state index contributed by atoms with van der Waals surface area (Å²) < 4.78 is 24.9. The van der Waals surface area contributed by atoms with E-state index in [0.717, 1.165) is 12.0 Å². The number of hydrogen-bond donors (Lipinski definition) is 0. The molecule has 3 atom stereocenters. The zero-order chi connectivity index (χ0) is 25.1. The summed E-state index contributed by atoms with van der Waals surface area (Å²) >= 11 is 6.01. The highest BCUT2D eigenvalue weighted by atomic mass is 35.5. The summed E-state index contributed by atoms with van der Waals surface area (Å²) in [6, 6.07) is 4.96. The van der Waals surface area contributed by atoms with Crippen LogP contribution in [-0.2, 0) is 4.74 Å². The van der Waals surface area contributed by atoms with Crippen molar-refractivity contribution in [2.75, 3.05) is 0 Å². The maximum Gasteiger partial charge on any atom is 0.261 e. The third kappa shape index (κ3) is 4.12. The maximum atomic E-state index is 15.1. The van der Waals surface area contributed by atoms with Gasteiger partial charge in [0.15, 0.2) is 5.65 Å². The van der Waals surface area contributed by atoms with Gasteiger partial charge in [-0.1, -0.05) is 11.6 Å². The zero-order valence-corrected chi connectivity index (χ0v) is 21.2. The predicted molar refractivity (Wildman–Crippen MR) is 135 cm³/mol. The molecule has 2 aliphatic rings. The molecule has 36 heavy (non-hydrogen) atoms. The Balaban J connectivity index is 1.47. The van der Waals surface area contributed by atoms with Crippen LogP contribution in [0.5, 0.6) is 0 Å². The third-order valence-corrected chi connectivity index (χ3v) is 7.56. The SMILES string of the molecule is Cc1nc2c(-c3ccc(Cl)cc3F)nc([C@@H]3C[C@@H](C)O[C@H](c4cnn(C5CC5)c4)C3)cn2c(=O)c1C. The Bertz CT molecular complexity index is 1540. The molecule has 6 rings (SSSR count). The molecule has 1 aromatic carbocycles. The van der Waals surface area contributed by atoms with Crippen molar-refractivity contribution in [3.63, 3.8) is 0 Å². The second kappa shape index (κ2) is 8.78. The number of ether oxygens (including phenoxy) is 1. The molecule has 7 nitrogen and oxygen atoms in total. The molecule has 186 valence electrons. The molecule has 3 aromatic heterocycles. The molecular weight excluding hydrogens is 481 g/mol. The lowest BCUT2D eigenvalue weighted by Gasteiger charge is -2.33. The smallest absolute Gasteiger partial charge is 0.261 e. The predicted octanol–water partition coefficient (Wildman–Crippen LogP) is 5.72. The van der Waals surface area contributed by atoms with E-state index < -0.39 is 5.82 Å². The van der Waals surface area contributed by atoms with E-state index in [-0.39, 0.29) is 29.2 Å². The lowest BCUT2D eigenvalue weighted by Crippen LogP contribution is -2.27. The first-order chi connectivity index (χ1) is 17.3. The van der Waals surface area contributed by atoms with Crippen LogP contribution >= 0.6 is 11.6 Å². The lowest BCUT2D eigenvalue weighted by molar-refractivity contribution is -0.0506. The maximum absolute atomic E-state index is 15.1. The van der Waals surface area contributed by atoms with Crippen molar-refractivity contribution >= 4 is 17.2 Å². The molecule has 1 saturated carbocycles. The summed E-state index contributed by atoms with van der Waals surface area (Å²) in [5.74, 6) is -0.498. The van der Waals surface area contributed by atoms with Crippen molar-refractivity contribution in [2.24, 2.45) is 0 Å². The van der Waals surface area contributed by atoms with Crippen LogP contribution in [0.4, 0.5) is 4.39 Å². The Hall–Kier alpha value is -3.10. The van der Waals surface area contributed by atoms with Crippen molar-refractivity contribution < 1.29 is 9.13 Å². The van der Waals surface area contributed by atoms with Crippen LogP contribution in [0.1, 0.15) is 73.2 Å². The van der Waals surface area contributed by atoms with Crippen molar-refractivity contribution in [3.8, 4) is 11.3 Å². The standard InChI is InChI=1S/C27H27ClFN5O2/c1-14-8-17(9-24(36-14)18-11-30-34(12-18)20-5-6-20)23-13-33-26(31-16(3)15(2)27(33)35)25(32-23)21-7-4-19(28)10-22(21)29/h4,7,10-14,17,20,24H,5-6,8-9H2,1-3H3/t14-,17-,24+/m1/s1. The van der Waals surface area contributed by atoms with Crippen molar-refractivity contribution in [2.45, 2.75) is 70.6 Å². The van der Waals surface area contributed by atoms with Crippen molar-refractivity contribution in [1.29, 1.82) is 0 Å². The van der Waals surface area contributed by atoms with Gasteiger partial charge in [-0.05, 0) is 64.7 Å². The van der Waals surface area contributed by atoms with E-state index in [1.54, 1.807) is 32.2 Å². The van der Waals surface area contributed by atoms with Gasteiger partial charge in [-0.25, -0.2) is 14.4 Å². The topological polar surface area (TPSA) is 74.3 Å². The van der Waals surface area contributed by atoms with Crippen LogP contribution in [0, 0.1) is 19.7 Å². The zero-order valence-electron chi connectivity index (χ0n) is 20.4. The van der Waals surface area contributed by atoms with Gasteiger partial charge in [-0.15, -0.1) is 0 Å². The minimum absolute atomic E-state index is 0.00930.